The first-order valence-electron chi connectivity index (χ1n) is 4.39. The third-order valence-corrected chi connectivity index (χ3v) is 3.05. The monoisotopic (exact) mass is 150 g/mol. The van der Waals surface area contributed by atoms with Crippen LogP contribution < -0.4 is 5.32 Å². The third-order valence-electron chi connectivity index (χ3n) is 3.05. The molecule has 2 saturated heterocycles. The van der Waals surface area contributed by atoms with Crippen LogP contribution in [0.25, 0.3) is 0 Å². The van der Waals surface area contributed by atoms with Crippen LogP contribution in [0.3, 0.4) is 0 Å². The van der Waals surface area contributed by atoms with Gasteiger partial charge < -0.3 is 5.32 Å². The minimum absolute atomic E-state index is 0.295. The maximum atomic E-state index is 8.79. The van der Waals surface area contributed by atoms with Crippen molar-refractivity contribution in [2.45, 2.75) is 44.2 Å². The number of fused-ring (bicyclic) bond motifs is 2. The van der Waals surface area contributed by atoms with E-state index >= 15 is 0 Å². The number of nitrogens with one attached hydrogen (secondary N) is 1. The molecule has 0 aliphatic carbocycles. The van der Waals surface area contributed by atoms with Crippen molar-refractivity contribution in [3.63, 3.8) is 0 Å². The summed E-state index contributed by atoms with van der Waals surface area (Å²) in [6.45, 7) is 2.25. The molecule has 2 heteroatoms. The van der Waals surface area contributed by atoms with Gasteiger partial charge in [-0.2, -0.15) is 5.26 Å². The molecule has 1 N–H and O–H groups in total. The van der Waals surface area contributed by atoms with E-state index in [0.717, 1.165) is 12.8 Å². The van der Waals surface area contributed by atoms with Crippen LogP contribution in [0.2, 0.25) is 0 Å². The lowest BCUT2D eigenvalue weighted by molar-refractivity contribution is 0.260. The van der Waals surface area contributed by atoms with E-state index < -0.39 is 0 Å². The molecule has 0 spiro atoms. The van der Waals surface area contributed by atoms with Crippen molar-refractivity contribution < 1.29 is 0 Å². The van der Waals surface area contributed by atoms with E-state index in [9.17, 15) is 0 Å². The first kappa shape index (κ1) is 7.12. The van der Waals surface area contributed by atoms with E-state index in [1.54, 1.807) is 0 Å². The molecular formula is C9H14N2. The molecule has 2 rings (SSSR count). The molecule has 0 radical (unpaired) electrons. The summed E-state index contributed by atoms with van der Waals surface area (Å²) in [5.74, 6) is 0.314. The van der Waals surface area contributed by atoms with Gasteiger partial charge in [0, 0.05) is 17.5 Å². The van der Waals surface area contributed by atoms with Crippen LogP contribution in [0.4, 0.5) is 0 Å². The summed E-state index contributed by atoms with van der Waals surface area (Å²) in [5.41, 5.74) is 0.295. The smallest absolute Gasteiger partial charge is 0.0657 e. The highest BCUT2D eigenvalue weighted by molar-refractivity contribution is 5.05. The van der Waals surface area contributed by atoms with Gasteiger partial charge in [0.2, 0.25) is 0 Å². The normalized spacial score (nSPS) is 48.7. The highest BCUT2D eigenvalue weighted by Gasteiger charge is 2.41. The minimum atomic E-state index is 0.295. The van der Waals surface area contributed by atoms with Gasteiger partial charge in [0.1, 0.15) is 0 Å². The summed E-state index contributed by atoms with van der Waals surface area (Å²) in [4.78, 5) is 0. The molecule has 11 heavy (non-hydrogen) atoms. The van der Waals surface area contributed by atoms with Crippen LogP contribution in [-0.2, 0) is 0 Å². The zero-order valence-corrected chi connectivity index (χ0v) is 6.93. The van der Waals surface area contributed by atoms with Crippen molar-refractivity contribution in [2.24, 2.45) is 5.92 Å². The van der Waals surface area contributed by atoms with Crippen LogP contribution in [0.5, 0.6) is 0 Å². The fourth-order valence-corrected chi connectivity index (χ4v) is 2.54. The number of nitriles is 1. The molecule has 0 unspecified atom stereocenters. The maximum Gasteiger partial charge on any atom is 0.0657 e. The Labute approximate surface area is 67.6 Å². The fourth-order valence-electron chi connectivity index (χ4n) is 2.54. The lowest BCUT2D eigenvalue weighted by Crippen LogP contribution is -2.46. The summed E-state index contributed by atoms with van der Waals surface area (Å²) in [7, 11) is 0. The molecule has 2 heterocycles. The van der Waals surface area contributed by atoms with Gasteiger partial charge in [-0.05, 0) is 32.6 Å². The van der Waals surface area contributed by atoms with Gasteiger partial charge in [-0.1, -0.05) is 0 Å². The van der Waals surface area contributed by atoms with Crippen molar-refractivity contribution in [3.05, 3.63) is 0 Å². The van der Waals surface area contributed by atoms with Crippen LogP contribution in [0.15, 0.2) is 0 Å². The topological polar surface area (TPSA) is 35.8 Å². The first-order valence-corrected chi connectivity index (χ1v) is 4.39. The molecule has 2 aliphatic rings. The molecule has 0 saturated carbocycles. The molecule has 60 valence electrons. The molecule has 2 bridgehead atoms. The average molecular weight is 150 g/mol. The molecule has 0 amide bonds. The molecule has 0 aromatic carbocycles. The Bertz CT molecular complexity index is 206. The SMILES string of the molecule is C[C@@]12CC[C@@H](C[C@H](C#N)C1)N2. The maximum absolute atomic E-state index is 8.79. The van der Waals surface area contributed by atoms with Gasteiger partial charge >= 0.3 is 0 Å². The lowest BCUT2D eigenvalue weighted by atomic mass is 9.86. The van der Waals surface area contributed by atoms with Crippen LogP contribution >= 0.6 is 0 Å². The summed E-state index contributed by atoms with van der Waals surface area (Å²) in [6, 6.07) is 3.03. The number of rotatable bonds is 0. The quantitative estimate of drug-likeness (QED) is 0.567. The number of hydrogen-bond acceptors (Lipinski definition) is 2. The molecule has 2 aliphatic heterocycles. The molecule has 2 fully saturated rings. The Morgan fingerprint density at radius 3 is 3.09 bits per heavy atom. The summed E-state index contributed by atoms with van der Waals surface area (Å²) < 4.78 is 0. The van der Waals surface area contributed by atoms with Crippen LogP contribution in [-0.4, -0.2) is 11.6 Å². The second-order valence-corrected chi connectivity index (χ2v) is 4.21. The van der Waals surface area contributed by atoms with Crippen molar-refractivity contribution in [1.82, 2.24) is 5.32 Å². The van der Waals surface area contributed by atoms with Crippen LogP contribution in [0, 0.1) is 17.2 Å². The largest absolute Gasteiger partial charge is 0.309 e. The van der Waals surface area contributed by atoms with E-state index in [1.807, 2.05) is 0 Å². The second-order valence-electron chi connectivity index (χ2n) is 4.21. The van der Waals surface area contributed by atoms with Crippen molar-refractivity contribution in [1.29, 1.82) is 5.26 Å². The summed E-state index contributed by atoms with van der Waals surface area (Å²) in [6.07, 6.45) is 4.66. The van der Waals surface area contributed by atoms with Gasteiger partial charge in [0.25, 0.3) is 0 Å². The second kappa shape index (κ2) is 2.22. The predicted molar refractivity (Wildman–Crippen MR) is 42.9 cm³/mol. The van der Waals surface area contributed by atoms with Crippen molar-refractivity contribution in [2.75, 3.05) is 0 Å². The zero-order chi connectivity index (χ0) is 7.90. The Morgan fingerprint density at radius 1 is 1.64 bits per heavy atom. The van der Waals surface area contributed by atoms with E-state index in [-0.39, 0.29) is 0 Å². The van der Waals surface area contributed by atoms with Gasteiger partial charge in [-0.3, -0.25) is 0 Å². The number of hydrogen-bond donors (Lipinski definition) is 1. The van der Waals surface area contributed by atoms with E-state index in [1.165, 1.54) is 12.8 Å². The highest BCUT2D eigenvalue weighted by atomic mass is 15.0. The number of nitrogens with zero attached hydrogens (tertiary/aromatic N) is 1. The van der Waals surface area contributed by atoms with Gasteiger partial charge in [-0.15, -0.1) is 0 Å². The highest BCUT2D eigenvalue weighted by Crippen LogP contribution is 2.37. The van der Waals surface area contributed by atoms with Crippen molar-refractivity contribution in [3.8, 4) is 6.07 Å². The van der Waals surface area contributed by atoms with E-state index in [0.29, 0.717) is 17.5 Å². The third kappa shape index (κ3) is 1.14. The van der Waals surface area contributed by atoms with Gasteiger partial charge in [-0.25, -0.2) is 0 Å². The standard InChI is InChI=1S/C9H14N2/c1-9-3-2-8(11-9)4-7(5-9)6-10/h7-8,11H,2-5H2,1H3/t7-,8-,9+/m0/s1. The molecule has 0 aromatic heterocycles. The Hall–Kier alpha value is -0.550. The van der Waals surface area contributed by atoms with E-state index in [2.05, 4.69) is 18.3 Å². The average Bonchev–Trinajstić information content (AvgIpc) is 2.25. The lowest BCUT2D eigenvalue weighted by Gasteiger charge is -2.33. The van der Waals surface area contributed by atoms with Crippen LogP contribution in [0.1, 0.15) is 32.6 Å². The summed E-state index contributed by atoms with van der Waals surface area (Å²) in [5, 5.41) is 12.4. The molecular weight excluding hydrogens is 136 g/mol. The number of piperidine rings is 1. The zero-order valence-electron chi connectivity index (χ0n) is 6.93. The van der Waals surface area contributed by atoms with Crippen molar-refractivity contribution >= 4 is 0 Å². The molecule has 0 aromatic rings. The first-order chi connectivity index (χ1) is 5.22. The minimum Gasteiger partial charge on any atom is -0.309 e. The Kier molecular flexibility index (Phi) is 1.43. The fraction of sp³-hybridized carbons (Fsp3) is 0.889. The van der Waals surface area contributed by atoms with Gasteiger partial charge in [0.05, 0.1) is 6.07 Å². The van der Waals surface area contributed by atoms with Gasteiger partial charge in [0.15, 0.2) is 0 Å². The molecule has 2 nitrogen and oxygen atoms in total. The molecule has 3 atom stereocenters. The Morgan fingerprint density at radius 2 is 2.45 bits per heavy atom. The summed E-state index contributed by atoms with van der Waals surface area (Å²) >= 11 is 0. The predicted octanol–water partition coefficient (Wildman–Crippen LogP) is 1.43. The Balaban J connectivity index is 2.13. The van der Waals surface area contributed by atoms with E-state index in [4.69, 9.17) is 5.26 Å².